The molecule has 0 radical (unpaired) electrons. The molecule has 1 aromatic rings. The lowest BCUT2D eigenvalue weighted by Crippen LogP contribution is -2.37. The molecular weight excluding hydrogens is 350 g/mol. The summed E-state index contributed by atoms with van der Waals surface area (Å²) in [6, 6.07) is 6.32. The highest BCUT2D eigenvalue weighted by Gasteiger charge is 2.20. The van der Waals surface area contributed by atoms with E-state index in [1.54, 1.807) is 24.1 Å². The smallest absolute Gasteiger partial charge is 0.269 e. The van der Waals surface area contributed by atoms with Gasteiger partial charge in [0.05, 0.1) is 10.2 Å². The molecule has 0 aliphatic heterocycles. The molecule has 0 saturated heterocycles. The molecule has 1 amide bonds. The van der Waals surface area contributed by atoms with Gasteiger partial charge in [0.25, 0.3) is 5.69 Å². The fraction of sp³-hybridized carbons (Fsp3) is 0.562. The summed E-state index contributed by atoms with van der Waals surface area (Å²) in [6.45, 7) is 6.61. The number of nitro groups is 1. The van der Waals surface area contributed by atoms with Crippen molar-refractivity contribution in [1.29, 1.82) is 0 Å². The van der Waals surface area contributed by atoms with E-state index in [9.17, 15) is 14.9 Å². The summed E-state index contributed by atoms with van der Waals surface area (Å²) in [4.78, 5) is 25.1. The van der Waals surface area contributed by atoms with Crippen LogP contribution in [0.25, 0.3) is 0 Å². The van der Waals surface area contributed by atoms with E-state index in [4.69, 9.17) is 5.73 Å². The Balaban J connectivity index is 0.00000529. The third kappa shape index (κ3) is 7.07. The topological polar surface area (TPSA) is 89.5 Å². The van der Waals surface area contributed by atoms with E-state index in [1.807, 2.05) is 6.92 Å². The molecule has 0 saturated carbocycles. The maximum absolute atomic E-state index is 12.4. The highest BCUT2D eigenvalue weighted by Crippen LogP contribution is 2.26. The van der Waals surface area contributed by atoms with Crippen molar-refractivity contribution >= 4 is 35.8 Å². The number of thioether (sulfide) groups is 1. The standard InChI is InChI=1S/C16H25N3O3S.ClH/c1-11(2)15(17)9-10-18(4)16(20)12(3)23-14-7-5-13(6-8-14)19(21)22;/h5-8,11-12,15H,9-10,17H2,1-4H3;1H. The molecule has 8 heteroatoms. The number of hydrogen-bond donors (Lipinski definition) is 1. The zero-order valence-electron chi connectivity index (χ0n) is 14.5. The lowest BCUT2D eigenvalue weighted by Gasteiger charge is -2.24. The Morgan fingerprint density at radius 3 is 2.29 bits per heavy atom. The molecular formula is C16H26ClN3O3S. The number of nitrogens with zero attached hydrogens (tertiary/aromatic N) is 2. The van der Waals surface area contributed by atoms with Crippen LogP contribution in [-0.2, 0) is 4.79 Å². The minimum Gasteiger partial charge on any atom is -0.345 e. The van der Waals surface area contributed by atoms with E-state index >= 15 is 0 Å². The first-order chi connectivity index (χ1) is 10.7. The summed E-state index contributed by atoms with van der Waals surface area (Å²) in [6.07, 6.45) is 0.773. The molecule has 2 atom stereocenters. The van der Waals surface area contributed by atoms with Crippen molar-refractivity contribution < 1.29 is 9.72 Å². The van der Waals surface area contributed by atoms with Crippen molar-refractivity contribution in [3.8, 4) is 0 Å². The molecule has 1 aromatic carbocycles. The molecule has 0 bridgehead atoms. The van der Waals surface area contributed by atoms with Crippen LogP contribution in [0.1, 0.15) is 27.2 Å². The van der Waals surface area contributed by atoms with Crippen molar-refractivity contribution in [2.75, 3.05) is 13.6 Å². The molecule has 6 nitrogen and oxygen atoms in total. The van der Waals surface area contributed by atoms with Gasteiger partial charge in [0.2, 0.25) is 5.91 Å². The number of amides is 1. The molecule has 2 N–H and O–H groups in total. The number of carbonyl (C=O) groups is 1. The van der Waals surface area contributed by atoms with Crippen molar-refractivity contribution in [2.24, 2.45) is 11.7 Å². The Morgan fingerprint density at radius 2 is 1.83 bits per heavy atom. The summed E-state index contributed by atoms with van der Waals surface area (Å²) in [5, 5.41) is 10.4. The van der Waals surface area contributed by atoms with Gasteiger partial charge in [-0.05, 0) is 31.4 Å². The summed E-state index contributed by atoms with van der Waals surface area (Å²) < 4.78 is 0. The van der Waals surface area contributed by atoms with Crippen molar-refractivity contribution in [2.45, 2.75) is 43.4 Å². The molecule has 1 rings (SSSR count). The van der Waals surface area contributed by atoms with E-state index in [1.165, 1.54) is 23.9 Å². The van der Waals surface area contributed by atoms with Gasteiger partial charge in [0.1, 0.15) is 0 Å². The second-order valence-electron chi connectivity index (χ2n) is 5.97. The number of carbonyl (C=O) groups excluding carboxylic acids is 1. The number of nitro benzene ring substituents is 1. The Kier molecular flexibility index (Phi) is 9.96. The number of hydrogen-bond acceptors (Lipinski definition) is 5. The minimum absolute atomic E-state index is 0. The Labute approximate surface area is 153 Å². The Morgan fingerprint density at radius 1 is 1.29 bits per heavy atom. The molecule has 0 aliphatic rings. The Hall–Kier alpha value is -1.31. The zero-order chi connectivity index (χ0) is 17.6. The molecule has 0 fully saturated rings. The van der Waals surface area contributed by atoms with Crippen LogP contribution in [-0.4, -0.2) is 40.6 Å². The first kappa shape index (κ1) is 22.7. The van der Waals surface area contributed by atoms with Crippen molar-refractivity contribution in [1.82, 2.24) is 4.90 Å². The minimum atomic E-state index is -0.436. The van der Waals surface area contributed by atoms with E-state index < -0.39 is 4.92 Å². The predicted molar refractivity (Wildman–Crippen MR) is 101 cm³/mol. The number of halogens is 1. The van der Waals surface area contributed by atoms with Crippen LogP contribution in [0.3, 0.4) is 0 Å². The number of rotatable bonds is 8. The van der Waals surface area contributed by atoms with Gasteiger partial charge in [-0.2, -0.15) is 0 Å². The monoisotopic (exact) mass is 375 g/mol. The lowest BCUT2D eigenvalue weighted by atomic mass is 10.0. The van der Waals surface area contributed by atoms with Crippen LogP contribution in [0.5, 0.6) is 0 Å². The van der Waals surface area contributed by atoms with Gasteiger partial charge in [-0.3, -0.25) is 14.9 Å². The molecule has 0 heterocycles. The number of benzene rings is 1. The largest absolute Gasteiger partial charge is 0.345 e. The molecule has 2 unspecified atom stereocenters. The fourth-order valence-electron chi connectivity index (χ4n) is 2.00. The summed E-state index contributed by atoms with van der Waals surface area (Å²) in [5.74, 6) is 0.426. The maximum Gasteiger partial charge on any atom is 0.269 e. The molecule has 24 heavy (non-hydrogen) atoms. The van der Waals surface area contributed by atoms with Crippen LogP contribution < -0.4 is 5.73 Å². The first-order valence-corrected chi connectivity index (χ1v) is 8.52. The van der Waals surface area contributed by atoms with Gasteiger partial charge in [-0.1, -0.05) is 13.8 Å². The van der Waals surface area contributed by atoms with E-state index in [0.717, 1.165) is 11.3 Å². The molecule has 0 aromatic heterocycles. The summed E-state index contributed by atoms with van der Waals surface area (Å²) in [5.41, 5.74) is 6.05. The van der Waals surface area contributed by atoms with Crippen LogP contribution in [0.4, 0.5) is 5.69 Å². The van der Waals surface area contributed by atoms with Gasteiger partial charge in [-0.25, -0.2) is 0 Å². The first-order valence-electron chi connectivity index (χ1n) is 7.64. The molecule has 0 spiro atoms. The third-order valence-electron chi connectivity index (χ3n) is 3.74. The molecule has 0 aliphatic carbocycles. The molecule has 136 valence electrons. The quantitative estimate of drug-likeness (QED) is 0.427. The van der Waals surface area contributed by atoms with E-state index in [-0.39, 0.29) is 35.3 Å². The van der Waals surface area contributed by atoms with Crippen LogP contribution in [0.2, 0.25) is 0 Å². The van der Waals surface area contributed by atoms with Crippen molar-refractivity contribution in [3.63, 3.8) is 0 Å². The van der Waals surface area contributed by atoms with Gasteiger partial charge in [-0.15, -0.1) is 24.2 Å². The van der Waals surface area contributed by atoms with E-state index in [0.29, 0.717) is 12.5 Å². The van der Waals surface area contributed by atoms with Crippen LogP contribution in [0, 0.1) is 16.0 Å². The predicted octanol–water partition coefficient (Wildman–Crippen LogP) is 3.33. The lowest BCUT2D eigenvalue weighted by molar-refractivity contribution is -0.384. The van der Waals surface area contributed by atoms with Gasteiger partial charge in [0.15, 0.2) is 0 Å². The normalized spacial score (nSPS) is 13.1. The zero-order valence-corrected chi connectivity index (χ0v) is 16.1. The van der Waals surface area contributed by atoms with Crippen LogP contribution in [0.15, 0.2) is 29.2 Å². The Bertz CT molecular complexity index is 540. The SMILES string of the molecule is CC(Sc1ccc([N+](=O)[O-])cc1)C(=O)N(C)CCC(N)C(C)C.Cl. The highest BCUT2D eigenvalue weighted by atomic mass is 35.5. The third-order valence-corrected chi connectivity index (χ3v) is 4.84. The van der Waals surface area contributed by atoms with Gasteiger partial charge >= 0.3 is 0 Å². The van der Waals surface area contributed by atoms with E-state index in [2.05, 4.69) is 13.8 Å². The number of nitrogens with two attached hydrogens (primary N) is 1. The summed E-state index contributed by atoms with van der Waals surface area (Å²) >= 11 is 1.40. The van der Waals surface area contributed by atoms with Gasteiger partial charge in [0, 0.05) is 36.7 Å². The van der Waals surface area contributed by atoms with Crippen LogP contribution >= 0.6 is 24.2 Å². The fourth-order valence-corrected chi connectivity index (χ4v) is 2.98. The summed E-state index contributed by atoms with van der Waals surface area (Å²) in [7, 11) is 1.78. The van der Waals surface area contributed by atoms with Crippen molar-refractivity contribution in [3.05, 3.63) is 34.4 Å². The average Bonchev–Trinajstić information content (AvgIpc) is 2.51. The number of non-ortho nitro benzene ring substituents is 1. The second-order valence-corrected chi connectivity index (χ2v) is 7.38. The highest BCUT2D eigenvalue weighted by molar-refractivity contribution is 8.00. The van der Waals surface area contributed by atoms with Gasteiger partial charge < -0.3 is 10.6 Å². The second kappa shape index (κ2) is 10.5. The average molecular weight is 376 g/mol. The maximum atomic E-state index is 12.4.